The van der Waals surface area contributed by atoms with E-state index in [4.69, 9.17) is 0 Å². The highest BCUT2D eigenvalue weighted by molar-refractivity contribution is 5.98. The van der Waals surface area contributed by atoms with Gasteiger partial charge in [-0.05, 0) is 37.8 Å². The maximum Gasteiger partial charge on any atom is 0.226 e. The van der Waals surface area contributed by atoms with Crippen LogP contribution in [-0.2, 0) is 11.2 Å². The molecule has 0 spiro atoms. The van der Waals surface area contributed by atoms with Crippen molar-refractivity contribution >= 4 is 24.1 Å². The monoisotopic (exact) mass is 380 g/mol. The molecule has 1 atom stereocenters. The van der Waals surface area contributed by atoms with Gasteiger partial charge in [0.05, 0.1) is 0 Å². The molecular formula is C21H33ClN2O2. The van der Waals surface area contributed by atoms with E-state index in [1.807, 2.05) is 31.0 Å². The number of rotatable bonds is 7. The highest BCUT2D eigenvalue weighted by Crippen LogP contribution is 2.23. The van der Waals surface area contributed by atoms with E-state index in [0.717, 1.165) is 24.8 Å². The van der Waals surface area contributed by atoms with Crippen LogP contribution in [0.1, 0.15) is 49.5 Å². The van der Waals surface area contributed by atoms with Crippen LogP contribution < -0.4 is 5.32 Å². The van der Waals surface area contributed by atoms with Crippen molar-refractivity contribution in [1.29, 1.82) is 0 Å². The lowest BCUT2D eigenvalue weighted by molar-refractivity contribution is -0.136. The van der Waals surface area contributed by atoms with Gasteiger partial charge in [-0.15, -0.1) is 12.4 Å². The Morgan fingerprint density at radius 2 is 1.69 bits per heavy atom. The van der Waals surface area contributed by atoms with Crippen molar-refractivity contribution in [2.75, 3.05) is 26.7 Å². The van der Waals surface area contributed by atoms with E-state index < -0.39 is 0 Å². The number of likely N-dealkylation sites (tertiary alicyclic amines) is 1. The Hall–Kier alpha value is -1.39. The minimum absolute atomic E-state index is 0. The summed E-state index contributed by atoms with van der Waals surface area (Å²) in [6, 6.07) is 8.08. The molecule has 4 nitrogen and oxygen atoms in total. The second-order valence-electron chi connectivity index (χ2n) is 7.72. The topological polar surface area (TPSA) is 49.4 Å². The van der Waals surface area contributed by atoms with Crippen molar-refractivity contribution in [2.24, 2.45) is 17.8 Å². The molecular weight excluding hydrogens is 348 g/mol. The van der Waals surface area contributed by atoms with Crippen LogP contribution in [0, 0.1) is 17.8 Å². The predicted octanol–water partition coefficient (Wildman–Crippen LogP) is 3.58. The Morgan fingerprint density at radius 1 is 1.12 bits per heavy atom. The summed E-state index contributed by atoms with van der Waals surface area (Å²) in [7, 11) is 1.86. The number of hydrogen-bond acceptors (Lipinski definition) is 3. The van der Waals surface area contributed by atoms with Crippen LogP contribution >= 0.6 is 12.4 Å². The number of benzene rings is 1. The molecule has 1 aromatic carbocycles. The van der Waals surface area contributed by atoms with Crippen molar-refractivity contribution in [1.82, 2.24) is 10.2 Å². The number of carbonyl (C=O) groups is 2. The molecule has 1 aromatic rings. The molecule has 146 valence electrons. The number of halogens is 1. The number of carbonyl (C=O) groups excluding carboxylic acids is 2. The second-order valence-corrected chi connectivity index (χ2v) is 7.72. The Bertz CT molecular complexity index is 578. The third-order valence-electron chi connectivity index (χ3n) is 4.99. The molecule has 1 aliphatic heterocycles. The molecule has 1 heterocycles. The van der Waals surface area contributed by atoms with Gasteiger partial charge in [-0.3, -0.25) is 9.59 Å². The summed E-state index contributed by atoms with van der Waals surface area (Å²) in [5.74, 6) is 1.07. The van der Waals surface area contributed by atoms with Gasteiger partial charge in [0.2, 0.25) is 5.91 Å². The normalized spacial score (nSPS) is 16.3. The Morgan fingerprint density at radius 3 is 2.19 bits per heavy atom. The maximum absolute atomic E-state index is 12.7. The van der Waals surface area contributed by atoms with E-state index in [2.05, 4.69) is 31.3 Å². The average molecular weight is 381 g/mol. The van der Waals surface area contributed by atoms with E-state index >= 15 is 0 Å². The second kappa shape index (κ2) is 10.7. The summed E-state index contributed by atoms with van der Waals surface area (Å²) in [6.07, 6.45) is 2.58. The molecule has 0 bridgehead atoms. The smallest absolute Gasteiger partial charge is 0.226 e. The molecule has 0 aromatic heterocycles. The van der Waals surface area contributed by atoms with Crippen LogP contribution in [0.25, 0.3) is 0 Å². The lowest BCUT2D eigenvalue weighted by Gasteiger charge is -2.33. The molecule has 2 rings (SSSR count). The van der Waals surface area contributed by atoms with Crippen LogP contribution in [0.3, 0.4) is 0 Å². The first kappa shape index (κ1) is 22.7. The van der Waals surface area contributed by atoms with E-state index in [-0.39, 0.29) is 35.9 Å². The molecule has 0 radical (unpaired) electrons. The minimum atomic E-state index is -0.00856. The first-order valence-electron chi connectivity index (χ1n) is 9.49. The van der Waals surface area contributed by atoms with Gasteiger partial charge in [-0.25, -0.2) is 0 Å². The van der Waals surface area contributed by atoms with Crippen LogP contribution in [0.15, 0.2) is 24.3 Å². The highest BCUT2D eigenvalue weighted by atomic mass is 35.5. The molecule has 1 aliphatic rings. The molecule has 5 heteroatoms. The van der Waals surface area contributed by atoms with Gasteiger partial charge in [-0.2, -0.15) is 0 Å². The van der Waals surface area contributed by atoms with Crippen LogP contribution in [-0.4, -0.2) is 43.3 Å². The van der Waals surface area contributed by atoms with Crippen molar-refractivity contribution < 1.29 is 9.59 Å². The van der Waals surface area contributed by atoms with E-state index in [1.165, 1.54) is 5.56 Å². The Kier molecular flexibility index (Phi) is 9.31. The molecule has 1 unspecified atom stereocenters. The zero-order valence-electron chi connectivity index (χ0n) is 16.5. The number of Topliss-reactive ketones (excluding diaryl/α,β-unsaturated/α-hetero) is 1. The van der Waals surface area contributed by atoms with Gasteiger partial charge in [0.15, 0.2) is 5.78 Å². The summed E-state index contributed by atoms with van der Waals surface area (Å²) < 4.78 is 0. The first-order chi connectivity index (χ1) is 11.9. The maximum atomic E-state index is 12.7. The number of nitrogens with one attached hydrogen (secondary N) is 1. The molecule has 0 aliphatic carbocycles. The zero-order valence-corrected chi connectivity index (χ0v) is 17.3. The van der Waals surface area contributed by atoms with Gasteiger partial charge in [0.1, 0.15) is 0 Å². The van der Waals surface area contributed by atoms with E-state index in [9.17, 15) is 9.59 Å². The minimum Gasteiger partial charge on any atom is -0.342 e. The molecule has 1 amide bonds. The summed E-state index contributed by atoms with van der Waals surface area (Å²) in [5.41, 5.74) is 2.09. The van der Waals surface area contributed by atoms with Gasteiger partial charge < -0.3 is 10.2 Å². The van der Waals surface area contributed by atoms with Crippen LogP contribution in [0.4, 0.5) is 0 Å². The van der Waals surface area contributed by atoms with Gasteiger partial charge in [0.25, 0.3) is 0 Å². The van der Waals surface area contributed by atoms with Crippen molar-refractivity contribution in [3.05, 3.63) is 35.4 Å². The molecule has 1 saturated heterocycles. The highest BCUT2D eigenvalue weighted by Gasteiger charge is 2.29. The number of hydrogen-bond donors (Lipinski definition) is 1. The standard InChI is InChI=1S/C21H32N2O2.ClH/c1-15(2)13-17-5-7-18(8-6-17)20(24)19-9-11-23(12-10-19)21(25)16(3)14-22-4;/h5-8,15-16,19,22H,9-14H2,1-4H3;1H. The molecule has 26 heavy (non-hydrogen) atoms. The fraction of sp³-hybridized carbons (Fsp3) is 0.619. The van der Waals surface area contributed by atoms with Crippen LogP contribution in [0.5, 0.6) is 0 Å². The Labute approximate surface area is 164 Å². The number of piperidine rings is 1. The lowest BCUT2D eigenvalue weighted by atomic mass is 9.88. The molecule has 1 N–H and O–H groups in total. The molecule has 0 saturated carbocycles. The average Bonchev–Trinajstić information content (AvgIpc) is 2.61. The van der Waals surface area contributed by atoms with Crippen molar-refractivity contribution in [2.45, 2.75) is 40.0 Å². The van der Waals surface area contributed by atoms with Gasteiger partial charge in [0, 0.05) is 37.0 Å². The molecule has 1 fully saturated rings. The van der Waals surface area contributed by atoms with E-state index in [0.29, 0.717) is 25.6 Å². The number of amides is 1. The number of nitrogens with zero attached hydrogens (tertiary/aromatic N) is 1. The lowest BCUT2D eigenvalue weighted by Crippen LogP contribution is -2.44. The van der Waals surface area contributed by atoms with E-state index in [1.54, 1.807) is 0 Å². The summed E-state index contributed by atoms with van der Waals surface area (Å²) in [4.78, 5) is 27.0. The quantitative estimate of drug-likeness (QED) is 0.735. The summed E-state index contributed by atoms with van der Waals surface area (Å²) >= 11 is 0. The predicted molar refractivity (Wildman–Crippen MR) is 109 cm³/mol. The van der Waals surface area contributed by atoms with Crippen molar-refractivity contribution in [3.8, 4) is 0 Å². The largest absolute Gasteiger partial charge is 0.342 e. The summed E-state index contributed by atoms with van der Waals surface area (Å²) in [6.45, 7) is 8.43. The fourth-order valence-corrected chi connectivity index (χ4v) is 3.58. The summed E-state index contributed by atoms with van der Waals surface area (Å²) in [5, 5.41) is 3.05. The SMILES string of the molecule is CNCC(C)C(=O)N1CCC(C(=O)c2ccc(CC(C)C)cc2)CC1.Cl. The Balaban J connectivity index is 0.00000338. The zero-order chi connectivity index (χ0) is 18.4. The fourth-order valence-electron chi connectivity index (χ4n) is 3.58. The third-order valence-corrected chi connectivity index (χ3v) is 4.99. The number of ketones is 1. The van der Waals surface area contributed by atoms with Crippen molar-refractivity contribution in [3.63, 3.8) is 0 Å². The van der Waals surface area contributed by atoms with Crippen LogP contribution in [0.2, 0.25) is 0 Å². The first-order valence-corrected chi connectivity index (χ1v) is 9.49. The van der Waals surface area contributed by atoms with Gasteiger partial charge >= 0.3 is 0 Å². The third kappa shape index (κ3) is 6.10. The van der Waals surface area contributed by atoms with Gasteiger partial charge in [-0.1, -0.05) is 45.0 Å².